The van der Waals surface area contributed by atoms with Crippen molar-refractivity contribution in [3.05, 3.63) is 96.2 Å². The molecule has 0 aliphatic heterocycles. The smallest absolute Gasteiger partial charge is 0.340 e. The van der Waals surface area contributed by atoms with Crippen LogP contribution in [0, 0.1) is 0 Å². The van der Waals surface area contributed by atoms with Crippen LogP contribution in [-0.2, 0) is 4.74 Å². The summed E-state index contributed by atoms with van der Waals surface area (Å²) in [7, 11) is 0. The number of carbonyl (C=O) groups is 2. The Bertz CT molecular complexity index is 1250. The summed E-state index contributed by atoms with van der Waals surface area (Å²) in [5.41, 5.74) is 2.43. The van der Waals surface area contributed by atoms with Gasteiger partial charge < -0.3 is 14.6 Å². The molecule has 1 aromatic heterocycles. The minimum absolute atomic E-state index is 0.292. The molecule has 4 aromatic rings. The number of ether oxygens (including phenoxy) is 1. The van der Waals surface area contributed by atoms with Crippen LogP contribution in [0.2, 0.25) is 0 Å². The van der Waals surface area contributed by atoms with Crippen LogP contribution in [0.1, 0.15) is 41.5 Å². The molecular formula is C26H24N2O3. The Morgan fingerprint density at radius 1 is 0.871 bits per heavy atom. The third-order valence-electron chi connectivity index (χ3n) is 4.78. The number of nitrogens with zero attached hydrogens (tertiary/aromatic N) is 1. The molecule has 1 N–H and O–H groups in total. The molecule has 0 saturated carbocycles. The standard InChI is InChI=1S/C26H24N2O3/c1-26(2,3)31-25(30)21-14-13-20(28-16-15-18-9-7-8-12-23(18)28)17-22(21)27-24(29)19-10-5-4-6-11-19/h4-17H,1-3H3,(H,27,29). The van der Waals surface area contributed by atoms with E-state index in [0.717, 1.165) is 16.6 Å². The normalized spacial score (nSPS) is 11.3. The maximum atomic E-state index is 12.8. The molecule has 0 atom stereocenters. The SMILES string of the molecule is CC(C)(C)OC(=O)c1ccc(-n2ccc3ccccc32)cc1NC(=O)c1ccccc1. The van der Waals surface area contributed by atoms with E-state index < -0.39 is 11.6 Å². The first-order valence-electron chi connectivity index (χ1n) is 10.1. The van der Waals surface area contributed by atoms with Crippen LogP contribution in [0.15, 0.2) is 85.1 Å². The van der Waals surface area contributed by atoms with Crippen molar-refractivity contribution < 1.29 is 14.3 Å². The van der Waals surface area contributed by atoms with Gasteiger partial charge in [0.15, 0.2) is 0 Å². The van der Waals surface area contributed by atoms with Gasteiger partial charge in [-0.05, 0) is 68.6 Å². The van der Waals surface area contributed by atoms with Gasteiger partial charge in [0, 0.05) is 17.4 Å². The number of esters is 1. The third kappa shape index (κ3) is 4.51. The van der Waals surface area contributed by atoms with Crippen molar-refractivity contribution in [3.8, 4) is 5.69 Å². The van der Waals surface area contributed by atoms with Crippen molar-refractivity contribution in [2.45, 2.75) is 26.4 Å². The van der Waals surface area contributed by atoms with Crippen LogP contribution < -0.4 is 5.32 Å². The third-order valence-corrected chi connectivity index (χ3v) is 4.78. The zero-order valence-electron chi connectivity index (χ0n) is 17.8. The van der Waals surface area contributed by atoms with Gasteiger partial charge in [0.25, 0.3) is 5.91 Å². The zero-order chi connectivity index (χ0) is 22.0. The molecule has 0 spiro atoms. The van der Waals surface area contributed by atoms with E-state index in [9.17, 15) is 9.59 Å². The second-order valence-electron chi connectivity index (χ2n) is 8.30. The molecule has 4 rings (SSSR count). The lowest BCUT2D eigenvalue weighted by atomic mass is 10.1. The first kappa shape index (κ1) is 20.4. The molecular weight excluding hydrogens is 388 g/mol. The molecule has 5 heteroatoms. The van der Waals surface area contributed by atoms with Crippen LogP contribution in [0.25, 0.3) is 16.6 Å². The number of para-hydroxylation sites is 1. The van der Waals surface area contributed by atoms with Gasteiger partial charge in [-0.15, -0.1) is 0 Å². The zero-order valence-corrected chi connectivity index (χ0v) is 17.8. The number of carbonyl (C=O) groups excluding carboxylic acids is 2. The van der Waals surface area contributed by atoms with Crippen molar-refractivity contribution in [1.82, 2.24) is 4.57 Å². The van der Waals surface area contributed by atoms with E-state index in [1.807, 2.05) is 74.0 Å². The van der Waals surface area contributed by atoms with Crippen LogP contribution >= 0.6 is 0 Å². The quantitative estimate of drug-likeness (QED) is 0.429. The Morgan fingerprint density at radius 3 is 2.32 bits per heavy atom. The maximum absolute atomic E-state index is 12.8. The topological polar surface area (TPSA) is 60.3 Å². The van der Waals surface area contributed by atoms with Crippen molar-refractivity contribution in [2.75, 3.05) is 5.32 Å². The Kier molecular flexibility index (Phi) is 5.34. The van der Waals surface area contributed by atoms with Gasteiger partial charge in [0.1, 0.15) is 5.60 Å². The summed E-state index contributed by atoms with van der Waals surface area (Å²) >= 11 is 0. The van der Waals surface area contributed by atoms with Gasteiger partial charge in [-0.25, -0.2) is 4.79 Å². The molecule has 0 unspecified atom stereocenters. The average Bonchev–Trinajstić information content (AvgIpc) is 3.17. The van der Waals surface area contributed by atoms with Crippen molar-refractivity contribution >= 4 is 28.5 Å². The molecule has 1 heterocycles. The second-order valence-corrected chi connectivity index (χ2v) is 8.30. The van der Waals surface area contributed by atoms with E-state index in [-0.39, 0.29) is 5.91 Å². The molecule has 0 bridgehead atoms. The van der Waals surface area contributed by atoms with Crippen LogP contribution in [0.3, 0.4) is 0 Å². The second kappa shape index (κ2) is 8.11. The van der Waals surface area contributed by atoms with Crippen LogP contribution in [-0.4, -0.2) is 22.0 Å². The van der Waals surface area contributed by atoms with Gasteiger partial charge in [0.05, 0.1) is 16.8 Å². The largest absolute Gasteiger partial charge is 0.456 e. The summed E-state index contributed by atoms with van der Waals surface area (Å²) in [4.78, 5) is 25.6. The fourth-order valence-corrected chi connectivity index (χ4v) is 3.39. The monoisotopic (exact) mass is 412 g/mol. The van der Waals surface area contributed by atoms with E-state index in [0.29, 0.717) is 16.8 Å². The fraction of sp³-hybridized carbons (Fsp3) is 0.154. The van der Waals surface area contributed by atoms with Crippen molar-refractivity contribution in [3.63, 3.8) is 0 Å². The van der Waals surface area contributed by atoms with Crippen LogP contribution in [0.5, 0.6) is 0 Å². The molecule has 0 aliphatic carbocycles. The highest BCUT2D eigenvalue weighted by Gasteiger charge is 2.22. The number of hydrogen-bond acceptors (Lipinski definition) is 3. The Labute approximate surface area is 181 Å². The molecule has 3 aromatic carbocycles. The highest BCUT2D eigenvalue weighted by Crippen LogP contribution is 2.27. The molecule has 0 radical (unpaired) electrons. The fourth-order valence-electron chi connectivity index (χ4n) is 3.39. The Balaban J connectivity index is 1.77. The van der Waals surface area contributed by atoms with Gasteiger partial charge in [-0.2, -0.15) is 0 Å². The van der Waals surface area contributed by atoms with Gasteiger partial charge in [0.2, 0.25) is 0 Å². The van der Waals surface area contributed by atoms with Gasteiger partial charge >= 0.3 is 5.97 Å². The highest BCUT2D eigenvalue weighted by atomic mass is 16.6. The van der Waals surface area contributed by atoms with Gasteiger partial charge in [-0.3, -0.25) is 4.79 Å². The number of amides is 1. The Hall–Kier alpha value is -3.86. The summed E-state index contributed by atoms with van der Waals surface area (Å²) in [5, 5.41) is 4.00. The molecule has 5 nitrogen and oxygen atoms in total. The Morgan fingerprint density at radius 2 is 1.58 bits per heavy atom. The first-order valence-corrected chi connectivity index (χ1v) is 10.1. The van der Waals surface area contributed by atoms with E-state index in [4.69, 9.17) is 4.74 Å². The summed E-state index contributed by atoms with van der Waals surface area (Å²) in [6, 6.07) is 24.3. The number of nitrogens with one attached hydrogen (secondary N) is 1. The van der Waals surface area contributed by atoms with Crippen molar-refractivity contribution in [2.24, 2.45) is 0 Å². The molecule has 0 saturated heterocycles. The van der Waals surface area contributed by atoms with Gasteiger partial charge in [-0.1, -0.05) is 36.4 Å². The van der Waals surface area contributed by atoms with E-state index >= 15 is 0 Å². The summed E-state index contributed by atoms with van der Waals surface area (Å²) < 4.78 is 7.58. The molecule has 31 heavy (non-hydrogen) atoms. The number of fused-ring (bicyclic) bond motifs is 1. The minimum atomic E-state index is -0.646. The lowest BCUT2D eigenvalue weighted by Crippen LogP contribution is -2.25. The number of benzene rings is 3. The number of aromatic nitrogens is 1. The molecule has 0 aliphatic rings. The average molecular weight is 412 g/mol. The summed E-state index contributed by atoms with van der Waals surface area (Å²) in [5.74, 6) is -0.778. The first-order chi connectivity index (χ1) is 14.8. The highest BCUT2D eigenvalue weighted by molar-refractivity contribution is 6.08. The lowest BCUT2D eigenvalue weighted by Gasteiger charge is -2.21. The predicted molar refractivity (Wildman–Crippen MR) is 123 cm³/mol. The summed E-state index contributed by atoms with van der Waals surface area (Å²) in [6.07, 6.45) is 1.97. The van der Waals surface area contributed by atoms with E-state index in [1.165, 1.54) is 0 Å². The molecule has 156 valence electrons. The van der Waals surface area contributed by atoms with Crippen LogP contribution in [0.4, 0.5) is 5.69 Å². The summed E-state index contributed by atoms with van der Waals surface area (Å²) in [6.45, 7) is 5.44. The van der Waals surface area contributed by atoms with E-state index in [2.05, 4.69) is 5.32 Å². The molecule has 0 fully saturated rings. The number of rotatable bonds is 4. The number of hydrogen-bond donors (Lipinski definition) is 1. The van der Waals surface area contributed by atoms with E-state index in [1.54, 1.807) is 36.4 Å². The van der Waals surface area contributed by atoms with Crippen molar-refractivity contribution in [1.29, 1.82) is 0 Å². The number of anilines is 1. The maximum Gasteiger partial charge on any atom is 0.340 e. The molecule has 1 amide bonds. The lowest BCUT2D eigenvalue weighted by molar-refractivity contribution is 0.00708. The minimum Gasteiger partial charge on any atom is -0.456 e. The predicted octanol–water partition coefficient (Wildman–Crippen LogP) is 5.84.